The van der Waals surface area contributed by atoms with Crippen LogP contribution in [0.2, 0.25) is 0 Å². The predicted molar refractivity (Wildman–Crippen MR) is 58.4 cm³/mol. The molecule has 1 aromatic rings. The highest BCUT2D eigenvalue weighted by Crippen LogP contribution is 2.55. The molecule has 78 valence electrons. The fourth-order valence-electron chi connectivity index (χ4n) is 2.17. The second-order valence-electron chi connectivity index (χ2n) is 3.80. The van der Waals surface area contributed by atoms with Gasteiger partial charge in [-0.25, -0.2) is 0 Å². The first-order chi connectivity index (χ1) is 7.29. The molecule has 0 saturated heterocycles. The number of esters is 1. The molecule has 0 aliphatic heterocycles. The van der Waals surface area contributed by atoms with E-state index in [1.807, 2.05) is 36.4 Å². The Labute approximate surface area is 89.6 Å². The van der Waals surface area contributed by atoms with Gasteiger partial charge in [0.1, 0.15) is 0 Å². The summed E-state index contributed by atoms with van der Waals surface area (Å²) >= 11 is 0. The number of hydrogen-bond donors (Lipinski definition) is 0. The third kappa shape index (κ3) is 1.67. The Morgan fingerprint density at radius 1 is 1.40 bits per heavy atom. The maximum Gasteiger partial charge on any atom is 0.309 e. The number of methoxy groups -OCH3 is 1. The summed E-state index contributed by atoms with van der Waals surface area (Å²) in [7, 11) is 1.43. The molecule has 1 fully saturated rings. The van der Waals surface area contributed by atoms with E-state index in [4.69, 9.17) is 4.74 Å². The van der Waals surface area contributed by atoms with Crippen LogP contribution < -0.4 is 0 Å². The second-order valence-corrected chi connectivity index (χ2v) is 3.80. The third-order valence-electron chi connectivity index (χ3n) is 3.01. The molecule has 2 rings (SSSR count). The molecule has 2 heteroatoms. The Bertz CT molecular complexity index is 369. The fourth-order valence-corrected chi connectivity index (χ4v) is 2.17. The summed E-state index contributed by atoms with van der Waals surface area (Å²) in [6.07, 6.45) is 1.85. The summed E-state index contributed by atoms with van der Waals surface area (Å²) in [4.78, 5) is 11.5. The Balaban J connectivity index is 2.19. The van der Waals surface area contributed by atoms with Crippen molar-refractivity contribution in [3.05, 3.63) is 48.6 Å². The predicted octanol–water partition coefficient (Wildman–Crippen LogP) is 2.38. The highest BCUT2D eigenvalue weighted by molar-refractivity contribution is 5.78. The summed E-state index contributed by atoms with van der Waals surface area (Å²) in [5.41, 5.74) is 1.19. The van der Waals surface area contributed by atoms with Crippen LogP contribution in [0.4, 0.5) is 0 Å². The van der Waals surface area contributed by atoms with E-state index in [1.165, 1.54) is 12.7 Å². The molecule has 0 spiro atoms. The van der Waals surface area contributed by atoms with Gasteiger partial charge in [-0.2, -0.15) is 0 Å². The second kappa shape index (κ2) is 3.89. The molecule has 0 heterocycles. The van der Waals surface area contributed by atoms with E-state index in [1.54, 1.807) is 0 Å². The van der Waals surface area contributed by atoms with E-state index in [9.17, 15) is 4.79 Å². The number of ether oxygens (including phenoxy) is 1. The van der Waals surface area contributed by atoms with Gasteiger partial charge in [0.2, 0.25) is 0 Å². The average Bonchev–Trinajstić information content (AvgIpc) is 3.03. The van der Waals surface area contributed by atoms with E-state index < -0.39 is 0 Å². The van der Waals surface area contributed by atoms with Crippen molar-refractivity contribution in [1.29, 1.82) is 0 Å². The molecule has 2 nitrogen and oxygen atoms in total. The van der Waals surface area contributed by atoms with Crippen LogP contribution >= 0.6 is 0 Å². The molecule has 15 heavy (non-hydrogen) atoms. The smallest absolute Gasteiger partial charge is 0.309 e. The molecule has 0 N–H and O–H groups in total. The minimum absolute atomic E-state index is 0.0325. The molecule has 1 aliphatic carbocycles. The Morgan fingerprint density at radius 2 is 2.07 bits per heavy atom. The average molecular weight is 202 g/mol. The summed E-state index contributed by atoms with van der Waals surface area (Å²) in [5.74, 6) is 0.333. The zero-order valence-corrected chi connectivity index (χ0v) is 8.72. The van der Waals surface area contributed by atoms with Crippen LogP contribution in [0, 0.1) is 11.8 Å². The minimum atomic E-state index is -0.131. The van der Waals surface area contributed by atoms with Crippen LogP contribution in [0.1, 0.15) is 11.5 Å². The van der Waals surface area contributed by atoms with Gasteiger partial charge in [-0.15, -0.1) is 6.58 Å². The normalized spacial score (nSPS) is 28.2. The van der Waals surface area contributed by atoms with Crippen LogP contribution in [0.5, 0.6) is 0 Å². The SMILES string of the molecule is C=C[C@H]1[C@H](C(=O)OC)[C@H]1c1ccccc1. The molecule has 0 aromatic heterocycles. The molecular weight excluding hydrogens is 188 g/mol. The van der Waals surface area contributed by atoms with E-state index in [-0.39, 0.29) is 23.7 Å². The van der Waals surface area contributed by atoms with E-state index >= 15 is 0 Å². The van der Waals surface area contributed by atoms with Crippen LogP contribution in [0.15, 0.2) is 43.0 Å². The number of allylic oxidation sites excluding steroid dienone is 1. The standard InChI is InChI=1S/C13H14O2/c1-3-10-11(12(10)13(14)15-2)9-7-5-4-6-8-9/h3-8,10-12H,1H2,2H3/t10-,11+,12+/m1/s1. The molecular formula is C13H14O2. The van der Waals surface area contributed by atoms with Crippen molar-refractivity contribution in [2.75, 3.05) is 7.11 Å². The molecule has 0 radical (unpaired) electrons. The Hall–Kier alpha value is -1.57. The monoisotopic (exact) mass is 202 g/mol. The van der Waals surface area contributed by atoms with Crippen molar-refractivity contribution < 1.29 is 9.53 Å². The van der Waals surface area contributed by atoms with Gasteiger partial charge in [0.25, 0.3) is 0 Å². The third-order valence-corrected chi connectivity index (χ3v) is 3.01. The van der Waals surface area contributed by atoms with Gasteiger partial charge in [-0.1, -0.05) is 36.4 Å². The molecule has 1 saturated carbocycles. The van der Waals surface area contributed by atoms with Crippen molar-refractivity contribution in [3.63, 3.8) is 0 Å². The van der Waals surface area contributed by atoms with Crippen molar-refractivity contribution in [3.8, 4) is 0 Å². The molecule has 0 unspecified atom stereocenters. The highest BCUT2D eigenvalue weighted by Gasteiger charge is 2.54. The van der Waals surface area contributed by atoms with Crippen LogP contribution in [0.25, 0.3) is 0 Å². The molecule has 0 amide bonds. The summed E-state index contributed by atoms with van der Waals surface area (Å²) in [6.45, 7) is 3.76. The van der Waals surface area contributed by atoms with Crippen LogP contribution in [-0.4, -0.2) is 13.1 Å². The van der Waals surface area contributed by atoms with Crippen molar-refractivity contribution in [2.24, 2.45) is 11.8 Å². The maximum atomic E-state index is 11.5. The van der Waals surface area contributed by atoms with Gasteiger partial charge < -0.3 is 4.74 Å². The molecule has 1 aromatic carbocycles. The Morgan fingerprint density at radius 3 is 2.60 bits per heavy atom. The molecule has 1 aliphatic rings. The number of carbonyl (C=O) groups is 1. The number of hydrogen-bond acceptors (Lipinski definition) is 2. The topological polar surface area (TPSA) is 26.3 Å². The lowest BCUT2D eigenvalue weighted by atomic mass is 10.1. The van der Waals surface area contributed by atoms with Gasteiger partial charge >= 0.3 is 5.97 Å². The fraction of sp³-hybridized carbons (Fsp3) is 0.308. The zero-order chi connectivity index (χ0) is 10.8. The lowest BCUT2D eigenvalue weighted by Crippen LogP contribution is -2.04. The number of rotatable bonds is 3. The summed E-state index contributed by atoms with van der Waals surface area (Å²) < 4.78 is 4.77. The zero-order valence-electron chi connectivity index (χ0n) is 8.72. The van der Waals surface area contributed by atoms with Gasteiger partial charge in [-0.3, -0.25) is 4.79 Å². The van der Waals surface area contributed by atoms with Gasteiger partial charge in [-0.05, 0) is 11.5 Å². The van der Waals surface area contributed by atoms with Crippen molar-refractivity contribution in [1.82, 2.24) is 0 Å². The first kappa shape index (κ1) is 9.97. The minimum Gasteiger partial charge on any atom is -0.469 e. The first-order valence-corrected chi connectivity index (χ1v) is 5.05. The van der Waals surface area contributed by atoms with E-state index in [2.05, 4.69) is 6.58 Å². The van der Waals surface area contributed by atoms with E-state index in [0.29, 0.717) is 0 Å². The quantitative estimate of drug-likeness (QED) is 0.555. The lowest BCUT2D eigenvalue weighted by Gasteiger charge is -1.98. The Kier molecular flexibility index (Phi) is 2.58. The summed E-state index contributed by atoms with van der Waals surface area (Å²) in [6, 6.07) is 10.0. The largest absolute Gasteiger partial charge is 0.469 e. The van der Waals surface area contributed by atoms with Crippen molar-refractivity contribution >= 4 is 5.97 Å². The maximum absolute atomic E-state index is 11.5. The highest BCUT2D eigenvalue weighted by atomic mass is 16.5. The first-order valence-electron chi connectivity index (χ1n) is 5.05. The molecule has 0 bridgehead atoms. The number of carbonyl (C=O) groups excluding carboxylic acids is 1. The lowest BCUT2D eigenvalue weighted by molar-refractivity contribution is -0.142. The molecule has 3 atom stereocenters. The van der Waals surface area contributed by atoms with Gasteiger partial charge in [0.05, 0.1) is 13.0 Å². The summed E-state index contributed by atoms with van der Waals surface area (Å²) in [5, 5.41) is 0. The van der Waals surface area contributed by atoms with Gasteiger partial charge in [0, 0.05) is 5.92 Å². The van der Waals surface area contributed by atoms with E-state index in [0.717, 1.165) is 0 Å². The van der Waals surface area contributed by atoms with Gasteiger partial charge in [0.15, 0.2) is 0 Å². The van der Waals surface area contributed by atoms with Crippen molar-refractivity contribution in [2.45, 2.75) is 5.92 Å². The van der Waals surface area contributed by atoms with Crippen LogP contribution in [-0.2, 0) is 9.53 Å². The van der Waals surface area contributed by atoms with Crippen LogP contribution in [0.3, 0.4) is 0 Å². The number of benzene rings is 1.